The molecule has 128 valence electrons. The van der Waals surface area contributed by atoms with Crippen LogP contribution in [0.2, 0.25) is 0 Å². The van der Waals surface area contributed by atoms with Crippen LogP contribution in [0.3, 0.4) is 0 Å². The molecular formula is C21H21NO3. The maximum absolute atomic E-state index is 11.6. The average Bonchev–Trinajstić information content (AvgIpc) is 2.99. The van der Waals surface area contributed by atoms with Crippen LogP contribution < -0.4 is 0 Å². The van der Waals surface area contributed by atoms with Gasteiger partial charge in [-0.15, -0.1) is 0 Å². The van der Waals surface area contributed by atoms with Crippen molar-refractivity contribution in [3.05, 3.63) is 59.7 Å². The Labute approximate surface area is 146 Å². The number of hydrogen-bond acceptors (Lipinski definition) is 3. The van der Waals surface area contributed by atoms with Crippen molar-refractivity contribution >= 4 is 27.5 Å². The SMILES string of the molecule is Cc1c2ccccc2c(CN2C[C@H](O)C[C@@H]2C(=O)O)c2ccccc12. The number of hydrogen-bond donors (Lipinski definition) is 2. The van der Waals surface area contributed by atoms with E-state index in [0.717, 1.165) is 16.3 Å². The summed E-state index contributed by atoms with van der Waals surface area (Å²) < 4.78 is 0. The van der Waals surface area contributed by atoms with Gasteiger partial charge in [-0.3, -0.25) is 9.69 Å². The number of aryl methyl sites for hydroxylation is 1. The standard InChI is InChI=1S/C21H21NO3/c1-13-15-6-2-4-8-17(15)19(18-9-5-3-7-16(13)18)12-22-11-14(23)10-20(22)21(24)25/h2-9,14,20,23H,10-12H2,1H3,(H,24,25)/t14-,20-/m1/s1. The lowest BCUT2D eigenvalue weighted by Crippen LogP contribution is -2.35. The Hall–Kier alpha value is -2.43. The monoisotopic (exact) mass is 335 g/mol. The molecule has 0 saturated carbocycles. The molecule has 1 aliphatic heterocycles. The molecule has 1 saturated heterocycles. The fourth-order valence-corrected chi connectivity index (χ4v) is 4.12. The fraction of sp³-hybridized carbons (Fsp3) is 0.286. The largest absolute Gasteiger partial charge is 0.480 e. The Bertz CT molecular complexity index is 909. The van der Waals surface area contributed by atoms with Gasteiger partial charge in [-0.25, -0.2) is 0 Å². The van der Waals surface area contributed by atoms with Crippen LogP contribution in [0.1, 0.15) is 17.5 Å². The summed E-state index contributed by atoms with van der Waals surface area (Å²) in [4.78, 5) is 13.5. The zero-order valence-corrected chi connectivity index (χ0v) is 14.1. The molecule has 4 nitrogen and oxygen atoms in total. The third-order valence-electron chi connectivity index (χ3n) is 5.34. The van der Waals surface area contributed by atoms with Gasteiger partial charge in [-0.05, 0) is 39.6 Å². The maximum atomic E-state index is 11.6. The number of carbonyl (C=O) groups is 1. The second-order valence-corrected chi connectivity index (χ2v) is 6.87. The second-order valence-electron chi connectivity index (χ2n) is 6.87. The van der Waals surface area contributed by atoms with Gasteiger partial charge < -0.3 is 10.2 Å². The molecule has 1 heterocycles. The summed E-state index contributed by atoms with van der Waals surface area (Å²) in [6.45, 7) is 3.05. The predicted octanol–water partition coefficient (Wildman–Crippen LogP) is 3.32. The number of aliphatic carboxylic acids is 1. The number of β-amino-alcohol motifs (C(OH)–C–C–N with tert-alkyl or cyclic N) is 1. The average molecular weight is 335 g/mol. The number of aliphatic hydroxyl groups is 1. The van der Waals surface area contributed by atoms with E-state index < -0.39 is 18.1 Å². The first-order chi connectivity index (χ1) is 12.1. The van der Waals surface area contributed by atoms with E-state index in [0.29, 0.717) is 13.1 Å². The molecule has 3 aromatic carbocycles. The first-order valence-corrected chi connectivity index (χ1v) is 8.60. The summed E-state index contributed by atoms with van der Waals surface area (Å²) in [7, 11) is 0. The number of benzene rings is 3. The van der Waals surface area contributed by atoms with Gasteiger partial charge in [0.15, 0.2) is 0 Å². The van der Waals surface area contributed by atoms with Crippen molar-refractivity contribution in [2.75, 3.05) is 6.54 Å². The smallest absolute Gasteiger partial charge is 0.321 e. The number of fused-ring (bicyclic) bond motifs is 2. The summed E-state index contributed by atoms with van der Waals surface area (Å²) in [5.41, 5.74) is 2.38. The number of aliphatic hydroxyl groups excluding tert-OH is 1. The highest BCUT2D eigenvalue weighted by molar-refractivity contribution is 6.05. The van der Waals surface area contributed by atoms with Crippen molar-refractivity contribution in [3.63, 3.8) is 0 Å². The van der Waals surface area contributed by atoms with Gasteiger partial charge in [0.2, 0.25) is 0 Å². The highest BCUT2D eigenvalue weighted by atomic mass is 16.4. The number of likely N-dealkylation sites (tertiary alicyclic amines) is 1. The van der Waals surface area contributed by atoms with Crippen LogP contribution in [0.4, 0.5) is 0 Å². The first kappa shape index (κ1) is 16.1. The molecule has 0 radical (unpaired) electrons. The molecule has 4 rings (SSSR count). The van der Waals surface area contributed by atoms with Crippen molar-refractivity contribution in [3.8, 4) is 0 Å². The fourth-order valence-electron chi connectivity index (χ4n) is 4.12. The molecule has 1 fully saturated rings. The minimum Gasteiger partial charge on any atom is -0.480 e. The van der Waals surface area contributed by atoms with Crippen LogP contribution in [-0.2, 0) is 11.3 Å². The summed E-state index contributed by atoms with van der Waals surface area (Å²) in [6.07, 6.45) is -0.291. The summed E-state index contributed by atoms with van der Waals surface area (Å²) in [5.74, 6) is -0.864. The Kier molecular flexibility index (Phi) is 3.94. The van der Waals surface area contributed by atoms with Gasteiger partial charge >= 0.3 is 5.97 Å². The lowest BCUT2D eigenvalue weighted by molar-refractivity contribution is -0.142. The summed E-state index contributed by atoms with van der Waals surface area (Å²) in [6, 6.07) is 15.9. The number of nitrogens with zero attached hydrogens (tertiary/aromatic N) is 1. The molecule has 0 aromatic heterocycles. The highest BCUT2D eigenvalue weighted by Gasteiger charge is 2.36. The van der Waals surface area contributed by atoms with E-state index in [9.17, 15) is 15.0 Å². The topological polar surface area (TPSA) is 60.8 Å². The number of carboxylic acids is 1. The first-order valence-electron chi connectivity index (χ1n) is 8.60. The van der Waals surface area contributed by atoms with Crippen molar-refractivity contribution in [2.24, 2.45) is 0 Å². The number of rotatable bonds is 3. The van der Waals surface area contributed by atoms with Crippen molar-refractivity contribution in [1.82, 2.24) is 4.90 Å². The molecule has 2 atom stereocenters. The molecule has 4 heteroatoms. The summed E-state index contributed by atoms with van der Waals surface area (Å²) >= 11 is 0. The van der Waals surface area contributed by atoms with Crippen molar-refractivity contribution in [1.29, 1.82) is 0 Å². The highest BCUT2D eigenvalue weighted by Crippen LogP contribution is 2.34. The Morgan fingerprint density at radius 3 is 2.08 bits per heavy atom. The lowest BCUT2D eigenvalue weighted by atomic mass is 9.92. The van der Waals surface area contributed by atoms with Gasteiger partial charge in [-0.1, -0.05) is 48.5 Å². The maximum Gasteiger partial charge on any atom is 0.321 e. The minimum atomic E-state index is -0.864. The van der Waals surface area contributed by atoms with E-state index in [4.69, 9.17) is 0 Å². The molecule has 25 heavy (non-hydrogen) atoms. The Balaban J connectivity index is 1.91. The van der Waals surface area contributed by atoms with Crippen LogP contribution in [-0.4, -0.2) is 39.8 Å². The molecular weight excluding hydrogens is 314 g/mol. The third kappa shape index (κ3) is 2.68. The zero-order valence-electron chi connectivity index (χ0n) is 14.1. The molecule has 0 amide bonds. The van der Waals surface area contributed by atoms with Gasteiger partial charge in [-0.2, -0.15) is 0 Å². The van der Waals surface area contributed by atoms with E-state index in [1.54, 1.807) is 0 Å². The van der Waals surface area contributed by atoms with Gasteiger partial charge in [0.25, 0.3) is 0 Å². The van der Waals surface area contributed by atoms with E-state index in [1.807, 2.05) is 29.2 Å². The number of carboxylic acid groups (broad SMARTS) is 1. The van der Waals surface area contributed by atoms with Crippen LogP contribution in [0, 0.1) is 6.92 Å². The summed E-state index contributed by atoms with van der Waals surface area (Å²) in [5, 5.41) is 24.2. The Morgan fingerprint density at radius 1 is 1.04 bits per heavy atom. The van der Waals surface area contributed by atoms with Crippen LogP contribution >= 0.6 is 0 Å². The quantitative estimate of drug-likeness (QED) is 0.721. The molecule has 3 aromatic rings. The molecule has 0 unspecified atom stereocenters. The van der Waals surface area contributed by atoms with Crippen molar-refractivity contribution in [2.45, 2.75) is 32.0 Å². The van der Waals surface area contributed by atoms with Crippen LogP contribution in [0.5, 0.6) is 0 Å². The molecule has 2 N–H and O–H groups in total. The van der Waals surface area contributed by atoms with Gasteiger partial charge in [0.05, 0.1) is 6.10 Å². The molecule has 0 spiro atoms. The van der Waals surface area contributed by atoms with Crippen LogP contribution in [0.15, 0.2) is 48.5 Å². The van der Waals surface area contributed by atoms with Crippen molar-refractivity contribution < 1.29 is 15.0 Å². The van der Waals surface area contributed by atoms with E-state index in [-0.39, 0.29) is 6.42 Å². The predicted molar refractivity (Wildman–Crippen MR) is 98.6 cm³/mol. The van der Waals surface area contributed by atoms with E-state index in [1.165, 1.54) is 16.3 Å². The molecule has 1 aliphatic rings. The van der Waals surface area contributed by atoms with Gasteiger partial charge in [0.1, 0.15) is 6.04 Å². The zero-order chi connectivity index (χ0) is 17.6. The molecule has 0 bridgehead atoms. The van der Waals surface area contributed by atoms with Crippen LogP contribution in [0.25, 0.3) is 21.5 Å². The van der Waals surface area contributed by atoms with E-state index >= 15 is 0 Å². The second kappa shape index (κ2) is 6.14. The third-order valence-corrected chi connectivity index (χ3v) is 5.34. The van der Waals surface area contributed by atoms with E-state index in [2.05, 4.69) is 31.2 Å². The Morgan fingerprint density at radius 2 is 1.56 bits per heavy atom. The minimum absolute atomic E-state index is 0.289. The lowest BCUT2D eigenvalue weighted by Gasteiger charge is -2.23. The molecule has 0 aliphatic carbocycles. The normalized spacial score (nSPS) is 21.2. The van der Waals surface area contributed by atoms with Gasteiger partial charge in [0, 0.05) is 19.5 Å².